The molecule has 0 aromatic heterocycles. The van der Waals surface area contributed by atoms with Gasteiger partial charge in [0.05, 0.1) is 11.8 Å². The zero-order valence-corrected chi connectivity index (χ0v) is 7.24. The molecule has 0 aliphatic carbocycles. The Morgan fingerprint density at radius 1 is 1.46 bits per heavy atom. The minimum Gasteiger partial charge on any atom is -0.508 e. The number of hydrogen-bond acceptors (Lipinski definition) is 2. The van der Waals surface area contributed by atoms with Gasteiger partial charge in [-0.3, -0.25) is 4.79 Å². The van der Waals surface area contributed by atoms with Gasteiger partial charge in [0, 0.05) is 6.07 Å². The average Bonchev–Trinajstić information content (AvgIpc) is 2.02. The van der Waals surface area contributed by atoms with Gasteiger partial charge in [-0.2, -0.15) is 0 Å². The van der Waals surface area contributed by atoms with E-state index in [0.717, 1.165) is 10.8 Å². The molecule has 13 heavy (non-hydrogen) atoms. The van der Waals surface area contributed by atoms with Crippen LogP contribution in [0.5, 0.6) is 5.75 Å². The molecule has 0 fully saturated rings. The highest BCUT2D eigenvalue weighted by Crippen LogP contribution is 2.05. The maximum atomic E-state index is 11.1. The van der Waals surface area contributed by atoms with Crippen LogP contribution in [0.3, 0.4) is 0 Å². The SMILES string of the molecule is CC1=c2ccc(O)cc2=NC(=O)C1. The highest BCUT2D eigenvalue weighted by atomic mass is 16.3. The number of carbonyl (C=O) groups is 1. The minimum atomic E-state index is -0.143. The first-order valence-corrected chi connectivity index (χ1v) is 4.07. The zero-order chi connectivity index (χ0) is 9.42. The second kappa shape index (κ2) is 2.69. The first kappa shape index (κ1) is 7.98. The van der Waals surface area contributed by atoms with Crippen LogP contribution in [-0.4, -0.2) is 11.0 Å². The molecular weight excluding hydrogens is 166 g/mol. The lowest BCUT2D eigenvalue weighted by molar-refractivity contribution is -0.117. The number of carbonyl (C=O) groups excluding carboxylic acids is 1. The van der Waals surface area contributed by atoms with E-state index in [1.165, 1.54) is 6.07 Å². The van der Waals surface area contributed by atoms with Gasteiger partial charge in [0.15, 0.2) is 0 Å². The third kappa shape index (κ3) is 1.33. The number of nitrogens with zero attached hydrogens (tertiary/aromatic N) is 1. The fourth-order valence-corrected chi connectivity index (χ4v) is 1.47. The largest absolute Gasteiger partial charge is 0.508 e. The van der Waals surface area contributed by atoms with Crippen molar-refractivity contribution >= 4 is 11.5 Å². The summed E-state index contributed by atoms with van der Waals surface area (Å²) >= 11 is 0. The standard InChI is InChI=1S/C10H9NO2/c1-6-4-10(13)11-9-5-7(12)2-3-8(6)9/h2-3,5,12H,4H2,1H3. The Labute approximate surface area is 75.0 Å². The number of phenolic OH excluding ortho intramolecular Hbond substituents is 1. The lowest BCUT2D eigenvalue weighted by atomic mass is 10.1. The minimum absolute atomic E-state index is 0.143. The van der Waals surface area contributed by atoms with Gasteiger partial charge in [-0.1, -0.05) is 5.57 Å². The van der Waals surface area contributed by atoms with Crippen molar-refractivity contribution in [3.8, 4) is 5.75 Å². The van der Waals surface area contributed by atoms with E-state index in [9.17, 15) is 9.90 Å². The summed E-state index contributed by atoms with van der Waals surface area (Å²) in [4.78, 5) is 14.9. The molecule has 1 aliphatic heterocycles. The lowest BCUT2D eigenvalue weighted by Crippen LogP contribution is -2.31. The van der Waals surface area contributed by atoms with E-state index >= 15 is 0 Å². The highest BCUT2D eigenvalue weighted by molar-refractivity contribution is 5.86. The number of aromatic hydroxyl groups is 1. The van der Waals surface area contributed by atoms with Gasteiger partial charge in [0.25, 0.3) is 0 Å². The van der Waals surface area contributed by atoms with Crippen LogP contribution in [0.15, 0.2) is 23.2 Å². The Bertz CT molecular complexity index is 488. The van der Waals surface area contributed by atoms with Gasteiger partial charge in [-0.25, -0.2) is 4.99 Å². The predicted molar refractivity (Wildman–Crippen MR) is 47.6 cm³/mol. The first-order valence-electron chi connectivity index (χ1n) is 4.07. The van der Waals surface area contributed by atoms with E-state index in [1.54, 1.807) is 12.1 Å². The van der Waals surface area contributed by atoms with Gasteiger partial charge < -0.3 is 5.11 Å². The van der Waals surface area contributed by atoms with E-state index in [1.807, 2.05) is 6.92 Å². The number of phenols is 1. The summed E-state index contributed by atoms with van der Waals surface area (Å²) in [6, 6.07) is 4.90. The molecule has 0 atom stereocenters. The summed E-state index contributed by atoms with van der Waals surface area (Å²) in [7, 11) is 0. The number of benzene rings is 1. The number of amides is 1. The Morgan fingerprint density at radius 3 is 3.00 bits per heavy atom. The zero-order valence-electron chi connectivity index (χ0n) is 7.24. The van der Waals surface area contributed by atoms with Crippen molar-refractivity contribution in [2.75, 3.05) is 0 Å². The van der Waals surface area contributed by atoms with Crippen molar-refractivity contribution in [3.63, 3.8) is 0 Å². The van der Waals surface area contributed by atoms with E-state index in [0.29, 0.717) is 11.8 Å². The van der Waals surface area contributed by atoms with Crippen LogP contribution in [0.1, 0.15) is 13.3 Å². The molecule has 3 heteroatoms. The van der Waals surface area contributed by atoms with E-state index in [2.05, 4.69) is 4.99 Å². The van der Waals surface area contributed by atoms with Crippen LogP contribution in [0.25, 0.3) is 5.57 Å². The van der Waals surface area contributed by atoms with Crippen molar-refractivity contribution in [1.82, 2.24) is 0 Å². The van der Waals surface area contributed by atoms with Crippen LogP contribution < -0.4 is 10.6 Å². The Kier molecular flexibility index (Phi) is 1.65. The van der Waals surface area contributed by atoms with E-state index in [4.69, 9.17) is 0 Å². The fourth-order valence-electron chi connectivity index (χ4n) is 1.47. The van der Waals surface area contributed by atoms with Gasteiger partial charge in [0.1, 0.15) is 5.75 Å². The quantitative estimate of drug-likeness (QED) is 0.608. The maximum absolute atomic E-state index is 11.1. The molecule has 1 heterocycles. The Balaban J connectivity index is 2.88. The van der Waals surface area contributed by atoms with E-state index in [-0.39, 0.29) is 11.7 Å². The molecule has 0 spiro atoms. The van der Waals surface area contributed by atoms with Gasteiger partial charge >= 0.3 is 0 Å². The molecule has 0 unspecified atom stereocenters. The molecule has 1 aromatic rings. The molecule has 0 radical (unpaired) electrons. The van der Waals surface area contributed by atoms with Crippen LogP contribution in [-0.2, 0) is 4.79 Å². The normalized spacial score (nSPS) is 15.2. The summed E-state index contributed by atoms with van der Waals surface area (Å²) in [5.41, 5.74) is 1.01. The monoisotopic (exact) mass is 175 g/mol. The summed E-state index contributed by atoms with van der Waals surface area (Å²) in [6.07, 6.45) is 0.387. The van der Waals surface area contributed by atoms with Crippen LogP contribution in [0, 0.1) is 0 Å². The van der Waals surface area contributed by atoms with Gasteiger partial charge in [0.2, 0.25) is 5.91 Å². The van der Waals surface area contributed by atoms with Crippen molar-refractivity contribution in [3.05, 3.63) is 28.8 Å². The molecule has 1 amide bonds. The number of hydrogen-bond donors (Lipinski definition) is 1. The van der Waals surface area contributed by atoms with Gasteiger partial charge in [-0.15, -0.1) is 0 Å². The topological polar surface area (TPSA) is 49.7 Å². The molecule has 2 rings (SSSR count). The average molecular weight is 175 g/mol. The van der Waals surface area contributed by atoms with Crippen LogP contribution >= 0.6 is 0 Å². The fraction of sp³-hybridized carbons (Fsp3) is 0.200. The predicted octanol–water partition coefficient (Wildman–Crippen LogP) is 0.113. The molecule has 1 aliphatic rings. The smallest absolute Gasteiger partial charge is 0.250 e. The van der Waals surface area contributed by atoms with E-state index < -0.39 is 0 Å². The van der Waals surface area contributed by atoms with Crippen LogP contribution in [0.2, 0.25) is 0 Å². The van der Waals surface area contributed by atoms with Crippen molar-refractivity contribution < 1.29 is 9.90 Å². The summed E-state index contributed by atoms with van der Waals surface area (Å²) in [6.45, 7) is 1.91. The highest BCUT2D eigenvalue weighted by Gasteiger charge is 2.08. The Morgan fingerprint density at radius 2 is 2.23 bits per heavy atom. The number of rotatable bonds is 0. The molecule has 0 saturated carbocycles. The molecule has 1 N–H and O–H groups in total. The summed E-state index contributed by atoms with van der Waals surface area (Å²) in [5.74, 6) is 0.000556. The second-order valence-electron chi connectivity index (χ2n) is 3.16. The summed E-state index contributed by atoms with van der Waals surface area (Å²) in [5, 5.41) is 10.7. The summed E-state index contributed by atoms with van der Waals surface area (Å²) < 4.78 is 0. The molecule has 3 nitrogen and oxygen atoms in total. The third-order valence-electron chi connectivity index (χ3n) is 2.10. The van der Waals surface area contributed by atoms with Crippen molar-refractivity contribution in [1.29, 1.82) is 0 Å². The first-order chi connectivity index (χ1) is 6.16. The lowest BCUT2D eigenvalue weighted by Gasteiger charge is -2.04. The molecular formula is C10H9NO2. The molecule has 66 valence electrons. The van der Waals surface area contributed by atoms with Crippen LogP contribution in [0.4, 0.5) is 0 Å². The molecule has 0 saturated heterocycles. The number of fused-ring (bicyclic) bond motifs is 1. The van der Waals surface area contributed by atoms with Crippen molar-refractivity contribution in [2.45, 2.75) is 13.3 Å². The third-order valence-corrected chi connectivity index (χ3v) is 2.10. The van der Waals surface area contributed by atoms with Crippen molar-refractivity contribution in [2.24, 2.45) is 4.99 Å². The maximum Gasteiger partial charge on any atom is 0.250 e. The van der Waals surface area contributed by atoms with Gasteiger partial charge in [-0.05, 0) is 24.3 Å². The molecule has 1 aromatic carbocycles. The Hall–Kier alpha value is -1.64. The molecule has 0 bridgehead atoms. The second-order valence-corrected chi connectivity index (χ2v) is 3.16.